The molecule has 0 radical (unpaired) electrons. The average molecular weight is 1260 g/mol. The quantitative estimate of drug-likeness (QED) is 0.0163. The topological polar surface area (TPSA) is 427 Å². The van der Waals surface area contributed by atoms with E-state index >= 15 is 0 Å². The van der Waals surface area contributed by atoms with Crippen molar-refractivity contribution in [2.45, 2.75) is 165 Å². The van der Waals surface area contributed by atoms with Crippen molar-refractivity contribution in [2.24, 2.45) is 57.3 Å². The summed E-state index contributed by atoms with van der Waals surface area (Å²) in [5.41, 5.74) is 29.8. The Balaban J connectivity index is 1.18. The molecule has 91 heavy (non-hydrogen) atoms. The summed E-state index contributed by atoms with van der Waals surface area (Å²) in [5, 5.41) is 18.9. The van der Waals surface area contributed by atoms with Gasteiger partial charge in [0.05, 0.1) is 6.61 Å². The number of fused-ring (bicyclic) bond motifs is 1. The van der Waals surface area contributed by atoms with Gasteiger partial charge in [-0.1, -0.05) is 105 Å². The van der Waals surface area contributed by atoms with Crippen molar-refractivity contribution in [3.63, 3.8) is 0 Å². The van der Waals surface area contributed by atoms with Crippen LogP contribution in [0.3, 0.4) is 0 Å². The first kappa shape index (κ1) is 70.5. The van der Waals surface area contributed by atoms with Crippen LogP contribution < -0.4 is 65.9 Å². The van der Waals surface area contributed by atoms with Crippen molar-refractivity contribution < 1.29 is 57.5 Å². The molecule has 2 aliphatic carbocycles. The molecule has 0 spiro atoms. The molecule has 2 fully saturated rings. The van der Waals surface area contributed by atoms with E-state index in [9.17, 15) is 52.7 Å². The van der Waals surface area contributed by atoms with Crippen LogP contribution in [-0.4, -0.2) is 144 Å². The summed E-state index contributed by atoms with van der Waals surface area (Å²) in [4.78, 5) is 157. The molecule has 3 aromatic carbocycles. The fraction of sp³-hybridized carbons (Fsp3) is 0.508. The summed E-state index contributed by atoms with van der Waals surface area (Å²) in [6.45, 7) is 3.90. The second kappa shape index (κ2) is 35.6. The lowest BCUT2D eigenvalue weighted by molar-refractivity contribution is -0.143. The van der Waals surface area contributed by atoms with Crippen LogP contribution >= 0.6 is 0 Å². The number of aliphatic imine (C=N–C) groups is 1. The van der Waals surface area contributed by atoms with E-state index in [0.29, 0.717) is 23.0 Å². The largest absolute Gasteiger partial charge is 0.449 e. The van der Waals surface area contributed by atoms with Gasteiger partial charge < -0.3 is 75.5 Å². The van der Waals surface area contributed by atoms with Crippen molar-refractivity contribution in [2.75, 3.05) is 19.7 Å². The number of hydrogen-bond donors (Lipinski definition) is 12. The highest BCUT2D eigenvalue weighted by atomic mass is 16.5. The molecule has 26 heteroatoms. The van der Waals surface area contributed by atoms with Crippen LogP contribution in [0.4, 0.5) is 4.79 Å². The Labute approximate surface area is 530 Å². The molecule has 3 aromatic rings. The number of nitrogens with two attached hydrogens (primary N) is 5. The minimum Gasteiger partial charge on any atom is -0.449 e. The number of likely N-dealkylation sites (tertiary alicyclic amines) is 1. The number of amides is 11. The number of nitrogens with zero attached hydrogens (tertiary/aromatic N) is 2. The molecule has 1 unspecified atom stereocenters. The van der Waals surface area contributed by atoms with Crippen LogP contribution in [0.2, 0.25) is 0 Å². The smallest absolute Gasteiger partial charge is 0.407 e. The van der Waals surface area contributed by atoms with Crippen LogP contribution in [0.5, 0.6) is 0 Å². The highest BCUT2D eigenvalue weighted by Crippen LogP contribution is 2.52. The van der Waals surface area contributed by atoms with E-state index < -0.39 is 126 Å². The van der Waals surface area contributed by atoms with E-state index in [2.05, 4.69) is 54.1 Å². The van der Waals surface area contributed by atoms with Crippen molar-refractivity contribution in [3.8, 4) is 11.8 Å². The number of benzene rings is 3. The van der Waals surface area contributed by atoms with Gasteiger partial charge in [0.2, 0.25) is 59.1 Å². The van der Waals surface area contributed by atoms with Crippen molar-refractivity contribution >= 4 is 71.1 Å². The molecule has 17 N–H and O–H groups in total. The van der Waals surface area contributed by atoms with Gasteiger partial charge in [-0.3, -0.25) is 52.9 Å². The number of guanidine groups is 1. The number of ether oxygens (including phenoxy) is 1. The molecule has 0 bridgehead atoms. The summed E-state index contributed by atoms with van der Waals surface area (Å²) >= 11 is 0. The average Bonchev–Trinajstić information content (AvgIpc) is 2.05. The number of primary amides is 3. The lowest BCUT2D eigenvalue weighted by Gasteiger charge is -2.31. The van der Waals surface area contributed by atoms with E-state index in [0.717, 1.165) is 31.2 Å². The van der Waals surface area contributed by atoms with Crippen molar-refractivity contribution in [1.29, 1.82) is 0 Å². The highest BCUT2D eigenvalue weighted by Gasteiger charge is 2.49. The zero-order valence-electron chi connectivity index (χ0n) is 51.7. The van der Waals surface area contributed by atoms with Crippen LogP contribution in [0.1, 0.15) is 114 Å². The minimum atomic E-state index is -1.52. The van der Waals surface area contributed by atoms with E-state index in [1.54, 1.807) is 84.9 Å². The predicted octanol–water partition coefficient (Wildman–Crippen LogP) is 0.265. The molecular weight excluding hydrogens is 1170 g/mol. The fourth-order valence-corrected chi connectivity index (χ4v) is 11.5. The Morgan fingerprint density at radius 2 is 0.978 bits per heavy atom. The maximum Gasteiger partial charge on any atom is 0.407 e. The maximum atomic E-state index is 14.8. The standard InChI is InChI=1S/C65H88N14O12/c1-39(2)34-50(76-61(87)52(37-42-22-12-7-13-23-42)78-65(90)91-38-45-43-24-14-3-4-15-25-44(43)45)59(85)77-51(36-41-20-10-6-11-21-41)60(86)74-48(29-31-55(67)81)63(89)79-33-17-27-53(79)62(88)73-47(28-30-54(66)80)58(84)72-46(26-16-32-71-64(69)70)57(83)75-49(56(68)82)35-40-18-8-5-9-19-40/h5-13,18-23,39,43-53H,14-17,24-38H2,1-2H3,(H2,66,80)(H2,67,81)(H2,68,82)(H,72,84)(H,73,88)(H,74,86)(H,75,83)(H,76,87)(H,77,85)(H,78,90)(H4,69,70,71)/t43-,44+,45?,46-,47-,48-,49-,50-,51-,52-,53-/m0/s1. The van der Waals surface area contributed by atoms with Gasteiger partial charge in [-0.25, -0.2) is 4.79 Å². The molecule has 11 amide bonds. The Kier molecular flexibility index (Phi) is 27.6. The van der Waals surface area contributed by atoms with Crippen LogP contribution in [0, 0.1) is 35.5 Å². The Morgan fingerprint density at radius 3 is 1.48 bits per heavy atom. The molecule has 1 saturated carbocycles. The van der Waals surface area contributed by atoms with E-state index in [4.69, 9.17) is 33.4 Å². The first-order chi connectivity index (χ1) is 43.6. The van der Waals surface area contributed by atoms with Gasteiger partial charge in [0.25, 0.3) is 0 Å². The third-order valence-corrected chi connectivity index (χ3v) is 16.4. The first-order valence-corrected chi connectivity index (χ1v) is 31.1. The second-order valence-electron chi connectivity index (χ2n) is 23.8. The third-order valence-electron chi connectivity index (χ3n) is 16.4. The number of hydrogen-bond acceptors (Lipinski definition) is 13. The van der Waals surface area contributed by atoms with Crippen molar-refractivity contribution in [1.82, 2.24) is 42.1 Å². The Hall–Kier alpha value is -9.54. The van der Waals surface area contributed by atoms with Gasteiger partial charge in [-0.15, -0.1) is 11.8 Å². The monoisotopic (exact) mass is 1260 g/mol. The first-order valence-electron chi connectivity index (χ1n) is 31.1. The number of alkyl carbamates (subject to hydrolysis) is 1. The van der Waals surface area contributed by atoms with Crippen LogP contribution in [0.15, 0.2) is 96.0 Å². The number of carbonyl (C=O) groups excluding carboxylic acids is 11. The third kappa shape index (κ3) is 23.4. The van der Waals surface area contributed by atoms with E-state index in [-0.39, 0.29) is 102 Å². The molecule has 490 valence electrons. The SMILES string of the molecule is CC(C)C[C@H](NC(=O)[C@H](Cc1ccccc1)NC(=O)OCC1[C@H]2CCC#CCC[C@@H]12)C(=O)N[C@@H](Cc1ccccc1)C(=O)N[C@@H](CCC(N)=O)C(=O)N1CCC[C@H]1C(=O)N[C@@H](CCC(N)=O)C(=O)N[C@@H](CCCN=C(N)N)C(=O)N[C@@H](Cc1ccccc1)C(N)=O. The number of rotatable bonds is 35. The second-order valence-corrected chi connectivity index (χ2v) is 23.8. The molecule has 11 atom stereocenters. The van der Waals surface area contributed by atoms with Gasteiger partial charge in [-0.05, 0) is 98.1 Å². The summed E-state index contributed by atoms with van der Waals surface area (Å²) in [7, 11) is 0. The van der Waals surface area contributed by atoms with Gasteiger partial charge in [0.1, 0.15) is 48.3 Å². The van der Waals surface area contributed by atoms with Gasteiger partial charge in [0, 0.05) is 58.0 Å². The molecule has 26 nitrogen and oxygen atoms in total. The van der Waals surface area contributed by atoms with Gasteiger partial charge in [-0.2, -0.15) is 0 Å². The molecule has 3 aliphatic rings. The van der Waals surface area contributed by atoms with Crippen LogP contribution in [-0.2, 0) is 71.9 Å². The van der Waals surface area contributed by atoms with Gasteiger partial charge in [0.15, 0.2) is 5.96 Å². The predicted molar refractivity (Wildman–Crippen MR) is 337 cm³/mol. The molecule has 0 aromatic heterocycles. The molecule has 6 rings (SSSR count). The normalized spacial score (nSPS) is 18.7. The lowest BCUT2D eigenvalue weighted by atomic mass is 9.99. The summed E-state index contributed by atoms with van der Waals surface area (Å²) < 4.78 is 5.72. The number of nitrogens with one attached hydrogen (secondary N) is 7. The Morgan fingerprint density at radius 1 is 0.538 bits per heavy atom. The molecule has 1 saturated heterocycles. The lowest BCUT2D eigenvalue weighted by Crippen LogP contribution is -2.60. The van der Waals surface area contributed by atoms with E-state index in [1.807, 2.05) is 19.9 Å². The van der Waals surface area contributed by atoms with Gasteiger partial charge >= 0.3 is 6.09 Å². The zero-order valence-corrected chi connectivity index (χ0v) is 51.7. The van der Waals surface area contributed by atoms with E-state index in [1.165, 1.54) is 4.90 Å². The summed E-state index contributed by atoms with van der Waals surface area (Å²) in [6, 6.07) is 15.7. The molecule has 1 heterocycles. The summed E-state index contributed by atoms with van der Waals surface area (Å²) in [5.74, 6) is -1.18. The Bertz CT molecular complexity index is 3080. The summed E-state index contributed by atoms with van der Waals surface area (Å²) in [6.07, 6.45) is 1.67. The number of carbonyl (C=O) groups is 11. The zero-order chi connectivity index (χ0) is 66.0. The molecule has 1 aliphatic heterocycles. The minimum absolute atomic E-state index is 0.0179. The highest BCUT2D eigenvalue weighted by molar-refractivity contribution is 5.98. The molecular formula is C65H88N14O12. The van der Waals surface area contributed by atoms with Crippen molar-refractivity contribution in [3.05, 3.63) is 108 Å². The van der Waals surface area contributed by atoms with Crippen LogP contribution in [0.25, 0.3) is 0 Å². The maximum absolute atomic E-state index is 14.8. The fourth-order valence-electron chi connectivity index (χ4n) is 11.5.